The van der Waals surface area contributed by atoms with Gasteiger partial charge in [-0.25, -0.2) is 9.18 Å². The van der Waals surface area contributed by atoms with Crippen LogP contribution >= 0.6 is 0 Å². The maximum Gasteiger partial charge on any atom is 0.336 e. The number of piperazine rings is 1. The number of benzene rings is 2. The molecule has 7 heteroatoms. The normalized spacial score (nSPS) is 15.4. The highest BCUT2D eigenvalue weighted by atomic mass is 19.1. The lowest BCUT2D eigenvalue weighted by molar-refractivity contribution is 0.121. The second-order valence-electron chi connectivity index (χ2n) is 7.46. The number of halogens is 1. The van der Waals surface area contributed by atoms with Crippen molar-refractivity contribution in [3.05, 3.63) is 69.8 Å². The lowest BCUT2D eigenvalue weighted by Gasteiger charge is -2.35. The van der Waals surface area contributed by atoms with E-state index in [0.29, 0.717) is 30.2 Å². The van der Waals surface area contributed by atoms with Gasteiger partial charge in [0.15, 0.2) is 0 Å². The number of ether oxygens (including phenoxy) is 2. The summed E-state index contributed by atoms with van der Waals surface area (Å²) in [6.45, 7) is 4.74. The third kappa shape index (κ3) is 4.47. The minimum absolute atomic E-state index is 0.254. The molecule has 0 aliphatic carbocycles. The lowest BCUT2D eigenvalue weighted by atomic mass is 10.1. The molecule has 1 fully saturated rings. The number of nitrogens with zero attached hydrogens (tertiary/aromatic N) is 2. The van der Waals surface area contributed by atoms with Gasteiger partial charge < -0.3 is 13.9 Å². The van der Waals surface area contributed by atoms with Crippen LogP contribution in [-0.2, 0) is 13.1 Å². The Hall–Kier alpha value is -2.90. The summed E-state index contributed by atoms with van der Waals surface area (Å²) >= 11 is 0. The van der Waals surface area contributed by atoms with Crippen LogP contribution in [0.5, 0.6) is 11.5 Å². The summed E-state index contributed by atoms with van der Waals surface area (Å²) in [6, 6.07) is 11.7. The molecule has 1 aliphatic rings. The molecular formula is C23H25FN2O4. The van der Waals surface area contributed by atoms with Gasteiger partial charge in [0.05, 0.1) is 14.2 Å². The Morgan fingerprint density at radius 3 is 2.27 bits per heavy atom. The fourth-order valence-corrected chi connectivity index (χ4v) is 3.93. The molecular weight excluding hydrogens is 387 g/mol. The van der Waals surface area contributed by atoms with E-state index in [-0.39, 0.29) is 11.4 Å². The van der Waals surface area contributed by atoms with Crippen LogP contribution in [0, 0.1) is 5.82 Å². The summed E-state index contributed by atoms with van der Waals surface area (Å²) in [7, 11) is 3.19. The molecule has 0 N–H and O–H groups in total. The number of methoxy groups -OCH3 is 2. The van der Waals surface area contributed by atoms with Crippen molar-refractivity contribution < 1.29 is 18.3 Å². The topological polar surface area (TPSA) is 55.2 Å². The zero-order chi connectivity index (χ0) is 21.1. The van der Waals surface area contributed by atoms with E-state index in [2.05, 4.69) is 9.80 Å². The third-order valence-corrected chi connectivity index (χ3v) is 5.53. The second kappa shape index (κ2) is 8.85. The van der Waals surface area contributed by atoms with Crippen molar-refractivity contribution >= 4 is 11.0 Å². The van der Waals surface area contributed by atoms with E-state index in [1.165, 1.54) is 12.1 Å². The standard InChI is InChI=1S/C23H25FN2O4/c1-28-19-4-5-20-16(12-23(27)30-22(20)13-19)14-25-7-9-26(10-8-25)15-17-11-18(24)3-6-21(17)29-2/h3-6,11-13H,7-10,14-15H2,1-2H3. The van der Waals surface area contributed by atoms with E-state index in [9.17, 15) is 9.18 Å². The van der Waals surface area contributed by atoms with Crippen LogP contribution < -0.4 is 15.1 Å². The van der Waals surface area contributed by atoms with Crippen LogP contribution in [0.3, 0.4) is 0 Å². The van der Waals surface area contributed by atoms with Crippen molar-refractivity contribution in [3.63, 3.8) is 0 Å². The van der Waals surface area contributed by atoms with Gasteiger partial charge in [-0.15, -0.1) is 0 Å². The van der Waals surface area contributed by atoms with Gasteiger partial charge in [-0.1, -0.05) is 0 Å². The average molecular weight is 412 g/mol. The zero-order valence-electron chi connectivity index (χ0n) is 17.2. The van der Waals surface area contributed by atoms with Gasteiger partial charge in [0.25, 0.3) is 0 Å². The monoisotopic (exact) mass is 412 g/mol. The van der Waals surface area contributed by atoms with Crippen molar-refractivity contribution in [1.82, 2.24) is 9.80 Å². The first-order valence-electron chi connectivity index (χ1n) is 9.93. The fourth-order valence-electron chi connectivity index (χ4n) is 3.93. The molecule has 0 bridgehead atoms. The predicted octanol–water partition coefficient (Wildman–Crippen LogP) is 3.27. The first-order valence-corrected chi connectivity index (χ1v) is 9.93. The molecule has 6 nitrogen and oxygen atoms in total. The average Bonchev–Trinajstić information content (AvgIpc) is 2.74. The second-order valence-corrected chi connectivity index (χ2v) is 7.46. The molecule has 4 rings (SSSR count). The molecule has 2 aromatic carbocycles. The Bertz CT molecular complexity index is 1090. The molecule has 158 valence electrons. The van der Waals surface area contributed by atoms with Crippen molar-refractivity contribution in [2.24, 2.45) is 0 Å². The highest BCUT2D eigenvalue weighted by molar-refractivity contribution is 5.81. The summed E-state index contributed by atoms with van der Waals surface area (Å²) in [5, 5.41) is 0.919. The molecule has 1 saturated heterocycles. The Kier molecular flexibility index (Phi) is 6.01. The number of fused-ring (bicyclic) bond motifs is 1. The lowest BCUT2D eigenvalue weighted by Crippen LogP contribution is -2.45. The summed E-state index contributed by atoms with van der Waals surface area (Å²) in [5.74, 6) is 1.11. The summed E-state index contributed by atoms with van der Waals surface area (Å²) in [4.78, 5) is 16.6. The predicted molar refractivity (Wildman–Crippen MR) is 113 cm³/mol. The maximum absolute atomic E-state index is 13.6. The Balaban J connectivity index is 1.43. The Morgan fingerprint density at radius 2 is 1.60 bits per heavy atom. The summed E-state index contributed by atoms with van der Waals surface area (Å²) < 4.78 is 29.6. The van der Waals surface area contributed by atoms with E-state index in [1.807, 2.05) is 12.1 Å². The van der Waals surface area contributed by atoms with Crippen LogP contribution in [0.1, 0.15) is 11.1 Å². The fraction of sp³-hybridized carbons (Fsp3) is 0.348. The Labute approximate surface area is 174 Å². The molecule has 0 unspecified atom stereocenters. The van der Waals surface area contributed by atoms with Gasteiger partial charge in [0.1, 0.15) is 22.9 Å². The number of rotatable bonds is 6. The van der Waals surface area contributed by atoms with Crippen LogP contribution in [-0.4, -0.2) is 50.2 Å². The first kappa shape index (κ1) is 20.4. The van der Waals surface area contributed by atoms with Crippen LogP contribution in [0.25, 0.3) is 11.0 Å². The quantitative estimate of drug-likeness (QED) is 0.580. The molecule has 1 aliphatic heterocycles. The van der Waals surface area contributed by atoms with Crippen molar-refractivity contribution in [2.45, 2.75) is 13.1 Å². The van der Waals surface area contributed by atoms with E-state index in [0.717, 1.165) is 42.7 Å². The van der Waals surface area contributed by atoms with Gasteiger partial charge in [-0.3, -0.25) is 9.80 Å². The van der Waals surface area contributed by atoms with Gasteiger partial charge in [0, 0.05) is 62.4 Å². The highest BCUT2D eigenvalue weighted by Gasteiger charge is 2.20. The minimum Gasteiger partial charge on any atom is -0.497 e. The van der Waals surface area contributed by atoms with Crippen LogP contribution in [0.15, 0.2) is 51.7 Å². The van der Waals surface area contributed by atoms with Crippen molar-refractivity contribution in [1.29, 1.82) is 0 Å². The van der Waals surface area contributed by atoms with Gasteiger partial charge in [-0.2, -0.15) is 0 Å². The number of hydrogen-bond donors (Lipinski definition) is 0. The first-order chi connectivity index (χ1) is 14.6. The molecule has 30 heavy (non-hydrogen) atoms. The van der Waals surface area contributed by atoms with Crippen LogP contribution in [0.4, 0.5) is 4.39 Å². The molecule has 0 saturated carbocycles. The molecule has 0 radical (unpaired) electrons. The molecule has 0 atom stereocenters. The molecule has 3 aromatic rings. The molecule has 0 spiro atoms. The van der Waals surface area contributed by atoms with Gasteiger partial charge >= 0.3 is 5.63 Å². The zero-order valence-corrected chi connectivity index (χ0v) is 17.2. The largest absolute Gasteiger partial charge is 0.497 e. The van der Waals surface area contributed by atoms with E-state index in [4.69, 9.17) is 13.9 Å². The van der Waals surface area contributed by atoms with E-state index < -0.39 is 0 Å². The molecule has 1 aromatic heterocycles. The van der Waals surface area contributed by atoms with E-state index in [1.54, 1.807) is 32.4 Å². The van der Waals surface area contributed by atoms with Gasteiger partial charge in [0.2, 0.25) is 0 Å². The third-order valence-electron chi connectivity index (χ3n) is 5.53. The van der Waals surface area contributed by atoms with Crippen molar-refractivity contribution in [2.75, 3.05) is 40.4 Å². The summed E-state index contributed by atoms with van der Waals surface area (Å²) in [6.07, 6.45) is 0. The van der Waals surface area contributed by atoms with E-state index >= 15 is 0 Å². The smallest absolute Gasteiger partial charge is 0.336 e. The minimum atomic E-state index is -0.359. The van der Waals surface area contributed by atoms with Crippen molar-refractivity contribution in [3.8, 4) is 11.5 Å². The molecule has 2 heterocycles. The maximum atomic E-state index is 13.6. The Morgan fingerprint density at radius 1 is 0.900 bits per heavy atom. The SMILES string of the molecule is COc1ccc2c(CN3CCN(Cc4cc(F)ccc4OC)CC3)cc(=O)oc2c1. The highest BCUT2D eigenvalue weighted by Crippen LogP contribution is 2.25. The molecule has 0 amide bonds. The van der Waals surface area contributed by atoms with Crippen LogP contribution in [0.2, 0.25) is 0 Å². The number of hydrogen-bond acceptors (Lipinski definition) is 6. The van der Waals surface area contributed by atoms with Gasteiger partial charge in [-0.05, 0) is 35.9 Å². The summed E-state index contributed by atoms with van der Waals surface area (Å²) in [5.41, 5.74) is 1.98.